The van der Waals surface area contributed by atoms with Gasteiger partial charge in [-0.1, -0.05) is 32.9 Å². The Bertz CT molecular complexity index is 601. The van der Waals surface area contributed by atoms with Crippen LogP contribution < -0.4 is 0 Å². The highest BCUT2D eigenvalue weighted by molar-refractivity contribution is 5.42. The van der Waals surface area contributed by atoms with Crippen molar-refractivity contribution < 1.29 is 5.11 Å². The predicted octanol–water partition coefficient (Wildman–Crippen LogP) is 4.14. The van der Waals surface area contributed by atoms with E-state index in [1.54, 1.807) is 0 Å². The first kappa shape index (κ1) is 13.4. The summed E-state index contributed by atoms with van der Waals surface area (Å²) in [6.07, 6.45) is 4.82. The van der Waals surface area contributed by atoms with Gasteiger partial charge in [-0.2, -0.15) is 0 Å². The number of fused-ring (bicyclic) bond motifs is 1. The predicted molar refractivity (Wildman–Crippen MR) is 82.4 cm³/mol. The normalized spacial score (nSPS) is 18.9. The van der Waals surface area contributed by atoms with Crippen LogP contribution >= 0.6 is 0 Å². The number of rotatable bonds is 1. The maximum atomic E-state index is 10.1. The van der Waals surface area contributed by atoms with Crippen LogP contribution in [0.25, 0.3) is 5.69 Å². The molecule has 1 aliphatic rings. The first-order valence-corrected chi connectivity index (χ1v) is 7.46. The van der Waals surface area contributed by atoms with Crippen LogP contribution in [0.2, 0.25) is 0 Å². The molecule has 1 atom stereocenters. The van der Waals surface area contributed by atoms with Crippen LogP contribution in [0.4, 0.5) is 0 Å². The Morgan fingerprint density at radius 1 is 1.10 bits per heavy atom. The van der Waals surface area contributed by atoms with Crippen LogP contribution in [0, 0.1) is 0 Å². The summed E-state index contributed by atoms with van der Waals surface area (Å²) in [5, 5.41) is 10.1. The molecule has 1 aromatic carbocycles. The van der Waals surface area contributed by atoms with Crippen molar-refractivity contribution in [2.24, 2.45) is 0 Å². The number of hydrogen-bond donors (Lipinski definition) is 1. The molecule has 0 bridgehead atoms. The zero-order valence-electron chi connectivity index (χ0n) is 12.6. The van der Waals surface area contributed by atoms with Crippen molar-refractivity contribution in [3.63, 3.8) is 0 Å². The summed E-state index contributed by atoms with van der Waals surface area (Å²) in [7, 11) is 0. The molecule has 1 unspecified atom stereocenters. The van der Waals surface area contributed by atoms with Gasteiger partial charge in [-0.3, -0.25) is 0 Å². The van der Waals surface area contributed by atoms with E-state index in [4.69, 9.17) is 0 Å². The van der Waals surface area contributed by atoms with Gasteiger partial charge < -0.3 is 9.67 Å². The van der Waals surface area contributed by atoms with Gasteiger partial charge in [-0.25, -0.2) is 0 Å². The average Bonchev–Trinajstić information content (AvgIpc) is 2.83. The summed E-state index contributed by atoms with van der Waals surface area (Å²) in [4.78, 5) is 0. The molecule has 20 heavy (non-hydrogen) atoms. The van der Waals surface area contributed by atoms with Crippen molar-refractivity contribution in [1.82, 2.24) is 4.57 Å². The molecule has 1 N–H and O–H groups in total. The van der Waals surface area contributed by atoms with Crippen LogP contribution in [0.5, 0.6) is 0 Å². The molecule has 0 amide bonds. The van der Waals surface area contributed by atoms with E-state index in [-0.39, 0.29) is 11.5 Å². The molecule has 106 valence electrons. The van der Waals surface area contributed by atoms with E-state index in [1.807, 2.05) is 0 Å². The molecule has 0 saturated carbocycles. The molecule has 1 aromatic heterocycles. The van der Waals surface area contributed by atoms with Crippen LogP contribution in [0.1, 0.15) is 56.5 Å². The molecule has 1 aliphatic carbocycles. The molecule has 0 saturated heterocycles. The molecule has 0 spiro atoms. The number of aliphatic hydroxyl groups excluding tert-OH is 1. The van der Waals surface area contributed by atoms with Gasteiger partial charge in [-0.15, -0.1) is 0 Å². The fraction of sp³-hybridized carbons (Fsp3) is 0.444. The fourth-order valence-corrected chi connectivity index (χ4v) is 3.03. The smallest absolute Gasteiger partial charge is 0.0807 e. The van der Waals surface area contributed by atoms with Crippen molar-refractivity contribution >= 4 is 0 Å². The van der Waals surface area contributed by atoms with Gasteiger partial charge in [-0.05, 0) is 48.4 Å². The maximum absolute atomic E-state index is 10.1. The second-order valence-electron chi connectivity index (χ2n) is 6.79. The first-order chi connectivity index (χ1) is 9.47. The molecule has 0 aliphatic heterocycles. The van der Waals surface area contributed by atoms with Crippen molar-refractivity contribution in [2.75, 3.05) is 0 Å². The average molecular weight is 269 g/mol. The lowest BCUT2D eigenvalue weighted by Gasteiger charge is -2.22. The number of aliphatic hydroxyl groups is 1. The van der Waals surface area contributed by atoms with E-state index in [0.717, 1.165) is 24.8 Å². The zero-order chi connectivity index (χ0) is 14.3. The second-order valence-corrected chi connectivity index (χ2v) is 6.79. The number of hydrogen-bond acceptors (Lipinski definition) is 1. The summed E-state index contributed by atoms with van der Waals surface area (Å²) >= 11 is 0. The highest BCUT2D eigenvalue weighted by atomic mass is 16.3. The molecular formula is C18H23NO. The summed E-state index contributed by atoms with van der Waals surface area (Å²) in [6.45, 7) is 6.70. The van der Waals surface area contributed by atoms with E-state index < -0.39 is 0 Å². The van der Waals surface area contributed by atoms with Crippen LogP contribution in [-0.2, 0) is 11.8 Å². The molecule has 1 heterocycles. The van der Waals surface area contributed by atoms with Gasteiger partial charge in [0.05, 0.1) is 6.10 Å². The molecule has 2 heteroatoms. The molecule has 0 fully saturated rings. The molecule has 0 radical (unpaired) electrons. The Hall–Kier alpha value is -1.54. The van der Waals surface area contributed by atoms with E-state index in [1.165, 1.54) is 16.9 Å². The Balaban J connectivity index is 1.98. The largest absolute Gasteiger partial charge is 0.388 e. The minimum absolute atomic E-state index is 0.185. The van der Waals surface area contributed by atoms with Gasteiger partial charge >= 0.3 is 0 Å². The summed E-state index contributed by atoms with van der Waals surface area (Å²) in [6, 6.07) is 10.8. The van der Waals surface area contributed by atoms with E-state index in [9.17, 15) is 5.11 Å². The fourth-order valence-electron chi connectivity index (χ4n) is 3.03. The third-order valence-corrected chi connectivity index (χ3v) is 4.29. The highest BCUT2D eigenvalue weighted by Crippen LogP contribution is 2.32. The molecule has 3 rings (SSSR count). The second kappa shape index (κ2) is 4.78. The monoisotopic (exact) mass is 269 g/mol. The minimum Gasteiger partial charge on any atom is -0.388 e. The highest BCUT2D eigenvalue weighted by Gasteiger charge is 2.21. The Labute approximate surface area is 121 Å². The summed E-state index contributed by atoms with van der Waals surface area (Å²) in [5.74, 6) is 0. The van der Waals surface area contributed by atoms with Gasteiger partial charge in [0, 0.05) is 23.1 Å². The third-order valence-electron chi connectivity index (χ3n) is 4.29. The number of nitrogens with zero attached hydrogens (tertiary/aromatic N) is 1. The van der Waals surface area contributed by atoms with Gasteiger partial charge in [0.2, 0.25) is 0 Å². The van der Waals surface area contributed by atoms with E-state index >= 15 is 0 Å². The summed E-state index contributed by atoms with van der Waals surface area (Å²) in [5.41, 5.74) is 5.10. The standard InChI is InChI=1S/C18H23NO/c1-18(2,3)13-7-9-14(10-8-13)19-12-11-15-16(19)5-4-6-17(15)20/h7-12,17,20H,4-6H2,1-3H3. The van der Waals surface area contributed by atoms with Crippen molar-refractivity contribution in [2.45, 2.75) is 51.6 Å². The van der Waals surface area contributed by atoms with Crippen molar-refractivity contribution in [3.05, 3.63) is 53.3 Å². The maximum Gasteiger partial charge on any atom is 0.0807 e. The Morgan fingerprint density at radius 3 is 2.45 bits per heavy atom. The Morgan fingerprint density at radius 2 is 1.80 bits per heavy atom. The van der Waals surface area contributed by atoms with Gasteiger partial charge in [0.25, 0.3) is 0 Å². The van der Waals surface area contributed by atoms with Gasteiger partial charge in [0.15, 0.2) is 0 Å². The quantitative estimate of drug-likeness (QED) is 0.826. The molecular weight excluding hydrogens is 246 g/mol. The van der Waals surface area contributed by atoms with Gasteiger partial charge in [0.1, 0.15) is 0 Å². The SMILES string of the molecule is CC(C)(C)c1ccc(-n2ccc3c2CCCC3O)cc1. The minimum atomic E-state index is -0.283. The lowest BCUT2D eigenvalue weighted by atomic mass is 9.87. The molecule has 2 aromatic rings. The third kappa shape index (κ3) is 2.29. The van der Waals surface area contributed by atoms with Crippen molar-refractivity contribution in [3.8, 4) is 5.69 Å². The Kier molecular flexibility index (Phi) is 3.21. The topological polar surface area (TPSA) is 25.2 Å². The van der Waals surface area contributed by atoms with Crippen LogP contribution in [0.3, 0.4) is 0 Å². The lowest BCUT2D eigenvalue weighted by molar-refractivity contribution is 0.156. The summed E-state index contributed by atoms with van der Waals surface area (Å²) < 4.78 is 2.23. The van der Waals surface area contributed by atoms with Crippen LogP contribution in [-0.4, -0.2) is 9.67 Å². The lowest BCUT2D eigenvalue weighted by Crippen LogP contribution is -2.12. The van der Waals surface area contributed by atoms with E-state index in [2.05, 4.69) is 61.9 Å². The zero-order valence-corrected chi connectivity index (χ0v) is 12.6. The number of benzene rings is 1. The van der Waals surface area contributed by atoms with E-state index in [0.29, 0.717) is 0 Å². The molecule has 2 nitrogen and oxygen atoms in total. The van der Waals surface area contributed by atoms with Crippen molar-refractivity contribution in [1.29, 1.82) is 0 Å². The number of aromatic nitrogens is 1. The first-order valence-electron chi connectivity index (χ1n) is 7.46. The van der Waals surface area contributed by atoms with Crippen LogP contribution in [0.15, 0.2) is 36.5 Å².